The highest BCUT2D eigenvalue weighted by molar-refractivity contribution is 7.18. The van der Waals surface area contributed by atoms with Crippen LogP contribution in [-0.2, 0) is 6.54 Å². The van der Waals surface area contributed by atoms with Crippen molar-refractivity contribution in [2.24, 2.45) is 0 Å². The number of aromatic nitrogens is 7. The second-order valence-electron chi connectivity index (χ2n) is 5.86. The van der Waals surface area contributed by atoms with Crippen LogP contribution in [0.1, 0.15) is 17.8 Å². The van der Waals surface area contributed by atoms with Crippen molar-refractivity contribution >= 4 is 17.4 Å². The molecule has 0 bridgehead atoms. The molecule has 2 N–H and O–H groups in total. The van der Waals surface area contributed by atoms with Gasteiger partial charge in [0.15, 0.2) is 5.82 Å². The maximum atomic E-state index is 4.93. The second-order valence-corrected chi connectivity index (χ2v) is 6.86. The minimum atomic E-state index is 0.655. The molecule has 0 spiro atoms. The predicted molar refractivity (Wildman–Crippen MR) is 96.9 cm³/mol. The maximum Gasteiger partial charge on any atom is 0.193 e. The Morgan fingerprint density at radius 3 is 3.08 bits per heavy atom. The zero-order chi connectivity index (χ0) is 16.8. The highest BCUT2D eigenvalue weighted by Gasteiger charge is 2.24. The van der Waals surface area contributed by atoms with Crippen LogP contribution in [0.5, 0.6) is 0 Å². The van der Waals surface area contributed by atoms with E-state index in [-0.39, 0.29) is 0 Å². The van der Waals surface area contributed by atoms with Crippen molar-refractivity contribution in [3.63, 3.8) is 0 Å². The number of fused-ring (bicyclic) bond motifs is 1. The molecule has 0 radical (unpaired) electrons. The van der Waals surface area contributed by atoms with E-state index in [1.807, 2.05) is 25.3 Å². The molecule has 0 amide bonds. The van der Waals surface area contributed by atoms with E-state index in [0.717, 1.165) is 51.2 Å². The van der Waals surface area contributed by atoms with Crippen LogP contribution in [0.4, 0.5) is 0 Å². The van der Waals surface area contributed by atoms with Gasteiger partial charge < -0.3 is 4.98 Å². The number of hydrogen-bond acceptors (Lipinski definition) is 5. The number of aromatic amines is 2. The molecule has 25 heavy (non-hydrogen) atoms. The first-order chi connectivity index (χ1) is 12.3. The molecule has 4 aromatic rings. The molecule has 5 heterocycles. The molecule has 0 fully saturated rings. The minimum Gasteiger partial charge on any atom is -0.360 e. The van der Waals surface area contributed by atoms with E-state index < -0.39 is 0 Å². The molecule has 0 unspecified atom stereocenters. The minimum absolute atomic E-state index is 0.655. The van der Waals surface area contributed by atoms with Crippen molar-refractivity contribution in [1.82, 2.24) is 34.9 Å². The van der Waals surface area contributed by atoms with Crippen LogP contribution >= 0.6 is 11.3 Å². The Bertz CT molecular complexity index is 1000. The van der Waals surface area contributed by atoms with E-state index in [1.165, 1.54) is 0 Å². The highest BCUT2D eigenvalue weighted by Crippen LogP contribution is 2.41. The van der Waals surface area contributed by atoms with Gasteiger partial charge in [-0.05, 0) is 31.6 Å². The fourth-order valence-electron chi connectivity index (χ4n) is 3.15. The Morgan fingerprint density at radius 2 is 2.28 bits per heavy atom. The summed E-state index contributed by atoms with van der Waals surface area (Å²) >= 11 is 1.60. The van der Waals surface area contributed by atoms with Crippen molar-refractivity contribution < 1.29 is 0 Å². The Morgan fingerprint density at radius 1 is 1.32 bits per heavy atom. The fourth-order valence-corrected chi connectivity index (χ4v) is 4.28. The molecule has 124 valence electrons. The number of hydrogen-bond donors (Lipinski definition) is 2. The summed E-state index contributed by atoms with van der Waals surface area (Å²) in [5, 5.41) is 12.7. The molecule has 8 heteroatoms. The third kappa shape index (κ3) is 2.25. The van der Waals surface area contributed by atoms with Crippen LogP contribution < -0.4 is 0 Å². The van der Waals surface area contributed by atoms with Crippen LogP contribution in [0.2, 0.25) is 0 Å². The standard InChI is InChI=1S/C17H15N7S/c1-10-13(12-6-2-3-8-24(12)23-10)17-21-14(11-5-4-7-18-11)15(25-17)16-19-9-20-22-16/h2,4-7,9,18H,3,8H2,1H3,(H,19,20,22). The summed E-state index contributed by atoms with van der Waals surface area (Å²) in [5.41, 5.74) is 5.03. The van der Waals surface area contributed by atoms with Gasteiger partial charge >= 0.3 is 0 Å². The third-order valence-electron chi connectivity index (χ3n) is 4.26. The average Bonchev–Trinajstić information content (AvgIpc) is 3.38. The van der Waals surface area contributed by atoms with Crippen molar-refractivity contribution in [1.29, 1.82) is 0 Å². The summed E-state index contributed by atoms with van der Waals surface area (Å²) < 4.78 is 2.06. The van der Waals surface area contributed by atoms with Crippen molar-refractivity contribution in [3.8, 4) is 32.7 Å². The summed E-state index contributed by atoms with van der Waals surface area (Å²) in [6.45, 7) is 2.95. The number of nitrogens with zero attached hydrogens (tertiary/aromatic N) is 5. The number of aryl methyl sites for hydroxylation is 2. The van der Waals surface area contributed by atoms with Gasteiger partial charge in [-0.1, -0.05) is 6.08 Å². The first kappa shape index (κ1) is 14.4. The lowest BCUT2D eigenvalue weighted by molar-refractivity contribution is 0.605. The summed E-state index contributed by atoms with van der Waals surface area (Å²) in [7, 11) is 0. The van der Waals surface area contributed by atoms with Crippen molar-refractivity contribution in [3.05, 3.63) is 42.1 Å². The average molecular weight is 349 g/mol. The number of thiazole rings is 1. The molecule has 1 aliphatic rings. The van der Waals surface area contributed by atoms with Gasteiger partial charge in [-0.25, -0.2) is 9.97 Å². The van der Waals surface area contributed by atoms with E-state index in [1.54, 1.807) is 17.7 Å². The Hall–Kier alpha value is -3.00. The zero-order valence-corrected chi connectivity index (χ0v) is 14.3. The van der Waals surface area contributed by atoms with Crippen molar-refractivity contribution in [2.75, 3.05) is 0 Å². The summed E-state index contributed by atoms with van der Waals surface area (Å²) in [4.78, 5) is 13.4. The molecule has 0 saturated heterocycles. The van der Waals surface area contributed by atoms with Gasteiger partial charge in [0.05, 0.1) is 22.6 Å². The van der Waals surface area contributed by atoms with Crippen LogP contribution in [0.15, 0.2) is 30.7 Å². The van der Waals surface area contributed by atoms with Gasteiger partial charge in [-0.3, -0.25) is 9.78 Å². The first-order valence-corrected chi connectivity index (χ1v) is 8.88. The molecular formula is C17H15N7S. The third-order valence-corrected chi connectivity index (χ3v) is 5.33. The van der Waals surface area contributed by atoms with E-state index in [0.29, 0.717) is 5.82 Å². The van der Waals surface area contributed by atoms with E-state index in [2.05, 4.69) is 42.1 Å². The lowest BCUT2D eigenvalue weighted by atomic mass is 10.1. The SMILES string of the molecule is Cc1nn2c(c1-c1nc(-c3ccc[nH]3)c(-c3nc[nH]n3)s1)C=CCC2. The highest BCUT2D eigenvalue weighted by atomic mass is 32.1. The molecule has 0 aromatic carbocycles. The molecule has 4 aromatic heterocycles. The first-order valence-electron chi connectivity index (χ1n) is 8.06. The molecule has 0 aliphatic carbocycles. The molecule has 0 atom stereocenters. The van der Waals surface area contributed by atoms with Gasteiger partial charge in [0.25, 0.3) is 0 Å². The summed E-state index contributed by atoms with van der Waals surface area (Å²) in [6, 6.07) is 3.97. The number of H-pyrrole nitrogens is 2. The van der Waals surface area contributed by atoms with Gasteiger partial charge in [-0.2, -0.15) is 10.2 Å². The Labute approximate surface area is 147 Å². The van der Waals surface area contributed by atoms with E-state index >= 15 is 0 Å². The molecule has 5 rings (SSSR count). The Balaban J connectivity index is 1.73. The molecule has 7 nitrogen and oxygen atoms in total. The number of nitrogens with one attached hydrogen (secondary N) is 2. The molecule has 1 aliphatic heterocycles. The monoisotopic (exact) mass is 349 g/mol. The normalized spacial score (nSPS) is 13.3. The number of rotatable bonds is 3. The van der Waals surface area contributed by atoms with Gasteiger partial charge in [0.1, 0.15) is 21.9 Å². The lowest BCUT2D eigenvalue weighted by Gasteiger charge is -2.07. The summed E-state index contributed by atoms with van der Waals surface area (Å²) in [6.07, 6.45) is 8.83. The van der Waals surface area contributed by atoms with Crippen LogP contribution in [-0.4, -0.2) is 34.9 Å². The number of allylic oxidation sites excluding steroid dienone is 1. The van der Waals surface area contributed by atoms with Gasteiger partial charge in [-0.15, -0.1) is 11.3 Å². The van der Waals surface area contributed by atoms with Crippen LogP contribution in [0, 0.1) is 6.92 Å². The smallest absolute Gasteiger partial charge is 0.193 e. The lowest BCUT2D eigenvalue weighted by Crippen LogP contribution is -2.04. The second kappa shape index (κ2) is 5.52. The van der Waals surface area contributed by atoms with Crippen LogP contribution in [0.25, 0.3) is 38.7 Å². The molecular weight excluding hydrogens is 334 g/mol. The van der Waals surface area contributed by atoms with Crippen LogP contribution in [0.3, 0.4) is 0 Å². The van der Waals surface area contributed by atoms with E-state index in [9.17, 15) is 0 Å². The van der Waals surface area contributed by atoms with Gasteiger partial charge in [0, 0.05) is 12.7 Å². The summed E-state index contributed by atoms with van der Waals surface area (Å²) in [5.74, 6) is 0.655. The maximum absolute atomic E-state index is 4.93. The topological polar surface area (TPSA) is 88.1 Å². The molecule has 0 saturated carbocycles. The zero-order valence-electron chi connectivity index (χ0n) is 13.5. The Kier molecular flexibility index (Phi) is 3.17. The quantitative estimate of drug-likeness (QED) is 0.592. The predicted octanol–water partition coefficient (Wildman–Crippen LogP) is 3.51. The van der Waals surface area contributed by atoms with Crippen molar-refractivity contribution in [2.45, 2.75) is 19.9 Å². The van der Waals surface area contributed by atoms with E-state index in [4.69, 9.17) is 4.98 Å². The fraction of sp³-hybridized carbons (Fsp3) is 0.176. The van der Waals surface area contributed by atoms with Gasteiger partial charge in [0.2, 0.25) is 0 Å². The largest absolute Gasteiger partial charge is 0.360 e.